The van der Waals surface area contributed by atoms with Crippen molar-refractivity contribution in [3.8, 4) is 0 Å². The van der Waals surface area contributed by atoms with Gasteiger partial charge in [-0.05, 0) is 42.0 Å². The minimum atomic E-state index is 0.0786. The number of aromatic nitrogens is 2. The maximum absolute atomic E-state index is 13.1. The number of carbonyl (C=O) groups is 1. The molecule has 1 saturated heterocycles. The highest BCUT2D eigenvalue weighted by molar-refractivity contribution is 5.96. The molecule has 1 N–H and O–H groups in total. The van der Waals surface area contributed by atoms with Gasteiger partial charge in [0, 0.05) is 50.3 Å². The number of rotatable bonds is 3. The number of hydrogen-bond donors (Lipinski definition) is 1. The molecule has 1 amide bonds. The molecule has 126 valence electrons. The molecule has 1 aromatic heterocycles. The number of carbonyl (C=O) groups excluding carboxylic acids is 1. The van der Waals surface area contributed by atoms with Gasteiger partial charge in [-0.2, -0.15) is 5.10 Å². The van der Waals surface area contributed by atoms with Crippen molar-refractivity contribution in [3.63, 3.8) is 0 Å². The SMILES string of the molecule is Cn1cc([C@@H]2CN(C(=O)c3cccc4c3CCC4)C[C@H]2CO)cn1. The molecule has 2 atom stereocenters. The first kappa shape index (κ1) is 15.4. The van der Waals surface area contributed by atoms with Gasteiger partial charge in [0.05, 0.1) is 6.20 Å². The molecule has 1 aliphatic heterocycles. The number of aliphatic hydroxyl groups is 1. The van der Waals surface area contributed by atoms with Crippen LogP contribution in [0, 0.1) is 5.92 Å². The maximum atomic E-state index is 13.1. The lowest BCUT2D eigenvalue weighted by atomic mass is 9.92. The molecule has 0 spiro atoms. The smallest absolute Gasteiger partial charge is 0.254 e. The van der Waals surface area contributed by atoms with Crippen molar-refractivity contribution in [2.45, 2.75) is 25.2 Å². The number of amides is 1. The third kappa shape index (κ3) is 2.53. The largest absolute Gasteiger partial charge is 0.396 e. The summed E-state index contributed by atoms with van der Waals surface area (Å²) in [5, 5.41) is 14.0. The topological polar surface area (TPSA) is 58.4 Å². The Morgan fingerprint density at radius 3 is 2.96 bits per heavy atom. The third-order valence-corrected chi connectivity index (χ3v) is 5.49. The fraction of sp³-hybridized carbons (Fsp3) is 0.474. The second-order valence-corrected chi connectivity index (χ2v) is 7.00. The van der Waals surface area contributed by atoms with Gasteiger partial charge in [-0.3, -0.25) is 9.48 Å². The number of benzene rings is 1. The zero-order valence-corrected chi connectivity index (χ0v) is 14.0. The van der Waals surface area contributed by atoms with Gasteiger partial charge in [0.1, 0.15) is 0 Å². The van der Waals surface area contributed by atoms with Crippen LogP contribution < -0.4 is 0 Å². The lowest BCUT2D eigenvalue weighted by Crippen LogP contribution is -2.30. The fourth-order valence-corrected chi connectivity index (χ4v) is 4.22. The Balaban J connectivity index is 1.59. The van der Waals surface area contributed by atoms with Crippen LogP contribution in [0.1, 0.15) is 39.4 Å². The number of aryl methyl sites for hydroxylation is 2. The number of fused-ring (bicyclic) bond motifs is 1. The van der Waals surface area contributed by atoms with Gasteiger partial charge in [0.15, 0.2) is 0 Å². The van der Waals surface area contributed by atoms with Crippen molar-refractivity contribution in [3.05, 3.63) is 52.8 Å². The van der Waals surface area contributed by atoms with Crippen molar-refractivity contribution >= 4 is 5.91 Å². The highest BCUT2D eigenvalue weighted by Crippen LogP contribution is 2.34. The first-order valence-electron chi connectivity index (χ1n) is 8.67. The average molecular weight is 325 g/mol. The minimum absolute atomic E-state index is 0.0786. The standard InChI is InChI=1S/C19H23N3O2/c1-21-9-14(8-20-21)18-11-22(10-15(18)12-23)19(24)17-7-3-5-13-4-2-6-16(13)17/h3,5,7-9,15,18,23H,2,4,6,10-12H2,1H3/t15-,18-/m0/s1. The molecule has 5 heteroatoms. The summed E-state index contributed by atoms with van der Waals surface area (Å²) in [7, 11) is 1.89. The molecular weight excluding hydrogens is 302 g/mol. The Kier molecular flexibility index (Phi) is 3.88. The van der Waals surface area contributed by atoms with Crippen LogP contribution in [0.15, 0.2) is 30.6 Å². The number of hydrogen-bond acceptors (Lipinski definition) is 3. The number of nitrogens with zero attached hydrogens (tertiary/aromatic N) is 3. The molecule has 1 fully saturated rings. The van der Waals surface area contributed by atoms with Crippen molar-refractivity contribution < 1.29 is 9.90 Å². The van der Waals surface area contributed by atoms with E-state index < -0.39 is 0 Å². The molecule has 2 aromatic rings. The van der Waals surface area contributed by atoms with Crippen LogP contribution in [0.2, 0.25) is 0 Å². The van der Waals surface area contributed by atoms with Crippen LogP contribution in [0.3, 0.4) is 0 Å². The average Bonchev–Trinajstić information content (AvgIpc) is 3.31. The Hall–Kier alpha value is -2.14. The molecule has 1 aromatic carbocycles. The summed E-state index contributed by atoms with van der Waals surface area (Å²) in [6, 6.07) is 6.09. The summed E-state index contributed by atoms with van der Waals surface area (Å²) in [4.78, 5) is 15.0. The van der Waals surface area contributed by atoms with E-state index in [1.807, 2.05) is 36.5 Å². The van der Waals surface area contributed by atoms with E-state index in [-0.39, 0.29) is 24.3 Å². The lowest BCUT2D eigenvalue weighted by Gasteiger charge is -2.18. The molecule has 0 unspecified atom stereocenters. The normalized spacial score (nSPS) is 22.8. The second-order valence-electron chi connectivity index (χ2n) is 7.00. The maximum Gasteiger partial charge on any atom is 0.254 e. The van der Waals surface area contributed by atoms with E-state index in [4.69, 9.17) is 0 Å². The van der Waals surface area contributed by atoms with Crippen molar-refractivity contribution in [2.24, 2.45) is 13.0 Å². The highest BCUT2D eigenvalue weighted by atomic mass is 16.3. The predicted octanol–water partition coefficient (Wildman–Crippen LogP) is 1.76. The highest BCUT2D eigenvalue weighted by Gasteiger charge is 2.37. The monoisotopic (exact) mass is 325 g/mol. The van der Waals surface area contributed by atoms with Gasteiger partial charge in [0.25, 0.3) is 5.91 Å². The first-order chi connectivity index (χ1) is 11.7. The van der Waals surface area contributed by atoms with Gasteiger partial charge in [-0.25, -0.2) is 0 Å². The predicted molar refractivity (Wildman–Crippen MR) is 90.9 cm³/mol. The van der Waals surface area contributed by atoms with E-state index in [1.165, 1.54) is 11.1 Å². The van der Waals surface area contributed by atoms with Crippen LogP contribution in [0.4, 0.5) is 0 Å². The quantitative estimate of drug-likeness (QED) is 0.935. The van der Waals surface area contributed by atoms with E-state index in [0.29, 0.717) is 13.1 Å². The summed E-state index contributed by atoms with van der Waals surface area (Å²) >= 11 is 0. The fourth-order valence-electron chi connectivity index (χ4n) is 4.22. The Bertz CT molecular complexity index is 768. The van der Waals surface area contributed by atoms with E-state index in [9.17, 15) is 9.90 Å². The summed E-state index contributed by atoms with van der Waals surface area (Å²) in [6.07, 6.45) is 7.05. The summed E-state index contributed by atoms with van der Waals surface area (Å²) in [5.74, 6) is 0.345. The minimum Gasteiger partial charge on any atom is -0.396 e. The summed E-state index contributed by atoms with van der Waals surface area (Å²) in [5.41, 5.74) is 4.51. The molecule has 2 heterocycles. The molecule has 2 aliphatic rings. The van der Waals surface area contributed by atoms with Crippen LogP contribution >= 0.6 is 0 Å². The number of aliphatic hydroxyl groups excluding tert-OH is 1. The van der Waals surface area contributed by atoms with Crippen LogP contribution in [0.25, 0.3) is 0 Å². The molecule has 1 aliphatic carbocycles. The number of likely N-dealkylation sites (tertiary alicyclic amines) is 1. The summed E-state index contributed by atoms with van der Waals surface area (Å²) < 4.78 is 1.78. The van der Waals surface area contributed by atoms with Crippen molar-refractivity contribution in [1.29, 1.82) is 0 Å². The molecular formula is C19H23N3O2. The zero-order chi connectivity index (χ0) is 16.7. The Morgan fingerprint density at radius 1 is 1.33 bits per heavy atom. The van der Waals surface area contributed by atoms with Gasteiger partial charge in [0.2, 0.25) is 0 Å². The van der Waals surface area contributed by atoms with E-state index >= 15 is 0 Å². The Labute approximate surface area is 141 Å². The lowest BCUT2D eigenvalue weighted by molar-refractivity contribution is 0.0780. The first-order valence-corrected chi connectivity index (χ1v) is 8.67. The van der Waals surface area contributed by atoms with Gasteiger partial charge < -0.3 is 10.0 Å². The second kappa shape index (κ2) is 6.06. The Morgan fingerprint density at radius 2 is 2.21 bits per heavy atom. The molecule has 0 bridgehead atoms. The van der Waals surface area contributed by atoms with Crippen LogP contribution in [-0.4, -0.2) is 45.4 Å². The van der Waals surface area contributed by atoms with E-state index in [0.717, 1.165) is 30.4 Å². The molecule has 0 saturated carbocycles. The van der Waals surface area contributed by atoms with Gasteiger partial charge >= 0.3 is 0 Å². The molecule has 4 rings (SSSR count). The summed E-state index contributed by atoms with van der Waals surface area (Å²) in [6.45, 7) is 1.36. The van der Waals surface area contributed by atoms with Gasteiger partial charge in [-0.1, -0.05) is 12.1 Å². The third-order valence-electron chi connectivity index (χ3n) is 5.49. The van der Waals surface area contributed by atoms with Crippen molar-refractivity contribution in [1.82, 2.24) is 14.7 Å². The molecule has 5 nitrogen and oxygen atoms in total. The van der Waals surface area contributed by atoms with E-state index in [1.54, 1.807) is 4.68 Å². The molecule has 24 heavy (non-hydrogen) atoms. The van der Waals surface area contributed by atoms with Crippen LogP contribution in [-0.2, 0) is 19.9 Å². The van der Waals surface area contributed by atoms with Gasteiger partial charge in [-0.15, -0.1) is 0 Å². The zero-order valence-electron chi connectivity index (χ0n) is 14.0. The molecule has 0 radical (unpaired) electrons. The van der Waals surface area contributed by atoms with E-state index in [2.05, 4.69) is 11.2 Å². The van der Waals surface area contributed by atoms with Crippen molar-refractivity contribution in [2.75, 3.05) is 19.7 Å². The van der Waals surface area contributed by atoms with Crippen LogP contribution in [0.5, 0.6) is 0 Å².